The van der Waals surface area contributed by atoms with Gasteiger partial charge < -0.3 is 0 Å². The standard InChI is InChI=1S/C15H28/c1-2-4-6-8-10-12-14-15-13-11-9-7-5-3-1/h1-14H2. The molecule has 0 nitrogen and oxygen atoms in total. The maximum absolute atomic E-state index is 3.55. The second-order valence-corrected chi connectivity index (χ2v) is 4.99. The monoisotopic (exact) mass is 208 g/mol. The maximum Gasteiger partial charge on any atom is -0.0173 e. The molecule has 1 saturated carbocycles. The van der Waals surface area contributed by atoms with Crippen LogP contribution < -0.4 is 0 Å². The smallest absolute Gasteiger partial charge is 0.0173 e. The Hall–Kier alpha value is 0. The normalized spacial score (nSPS) is 24.0. The summed E-state index contributed by atoms with van der Waals surface area (Å²) in [4.78, 5) is 0. The van der Waals surface area contributed by atoms with E-state index in [1.54, 1.807) is 0 Å². The summed E-state index contributed by atoms with van der Waals surface area (Å²) in [5.74, 6) is 0. The molecule has 0 aromatic carbocycles. The van der Waals surface area contributed by atoms with Gasteiger partial charge in [0.05, 0.1) is 0 Å². The summed E-state index contributed by atoms with van der Waals surface area (Å²) >= 11 is 0. The molecule has 0 aromatic heterocycles. The summed E-state index contributed by atoms with van der Waals surface area (Å²) in [6.07, 6.45) is 23.5. The van der Waals surface area contributed by atoms with Crippen LogP contribution in [0.1, 0.15) is 89.9 Å². The minimum absolute atomic E-state index is 1.25. The van der Waals surface area contributed by atoms with Crippen molar-refractivity contribution in [1.29, 1.82) is 0 Å². The minimum atomic E-state index is 1.25. The first-order valence-corrected chi connectivity index (χ1v) is 7.21. The van der Waals surface area contributed by atoms with E-state index in [1.165, 1.54) is 89.9 Å². The maximum atomic E-state index is 3.55. The molecule has 1 aliphatic rings. The van der Waals surface area contributed by atoms with Gasteiger partial charge in [0.25, 0.3) is 0 Å². The van der Waals surface area contributed by atoms with Gasteiger partial charge in [0.15, 0.2) is 0 Å². The third kappa shape index (κ3) is 8.96. The summed E-state index contributed by atoms with van der Waals surface area (Å²) in [6.45, 7) is 0. The average molecular weight is 208 g/mol. The molecular weight excluding hydrogens is 180 g/mol. The van der Waals surface area contributed by atoms with E-state index in [1.807, 2.05) is 0 Å². The first-order valence-electron chi connectivity index (χ1n) is 7.21. The highest BCUT2D eigenvalue weighted by Crippen LogP contribution is 2.15. The summed E-state index contributed by atoms with van der Waals surface area (Å²) in [5, 5.41) is 0. The van der Waals surface area contributed by atoms with Crippen molar-refractivity contribution in [2.45, 2.75) is 89.9 Å². The summed E-state index contributed by atoms with van der Waals surface area (Å²) in [6, 6.07) is 0. The molecule has 0 unspecified atom stereocenters. The molecule has 1 aliphatic carbocycles. The van der Waals surface area contributed by atoms with E-state index in [9.17, 15) is 0 Å². The van der Waals surface area contributed by atoms with Crippen LogP contribution in [0.25, 0.3) is 0 Å². The van der Waals surface area contributed by atoms with Gasteiger partial charge in [0.2, 0.25) is 0 Å². The minimum Gasteiger partial charge on any atom is -0.0533 e. The fraction of sp³-hybridized carbons (Fsp3) is 0.933. The van der Waals surface area contributed by atoms with Gasteiger partial charge in [-0.3, -0.25) is 0 Å². The predicted octanol–water partition coefficient (Wildman–Crippen LogP) is 5.54. The van der Waals surface area contributed by atoms with E-state index in [0.717, 1.165) is 0 Å². The molecule has 0 bridgehead atoms. The van der Waals surface area contributed by atoms with Crippen LogP contribution in [-0.4, -0.2) is 0 Å². The van der Waals surface area contributed by atoms with Crippen LogP contribution in [0.4, 0.5) is 0 Å². The van der Waals surface area contributed by atoms with Crippen LogP contribution in [-0.2, 0) is 0 Å². The van der Waals surface area contributed by atoms with Gasteiger partial charge in [-0.05, 0) is 19.3 Å². The van der Waals surface area contributed by atoms with Gasteiger partial charge in [-0.2, -0.15) is 0 Å². The molecule has 0 aliphatic heterocycles. The molecular formula is C15H28. The zero-order valence-electron chi connectivity index (χ0n) is 10.4. The fourth-order valence-corrected chi connectivity index (χ4v) is 2.39. The topological polar surface area (TPSA) is 0 Å². The molecule has 0 amide bonds. The molecule has 0 aromatic rings. The van der Waals surface area contributed by atoms with E-state index in [2.05, 4.69) is 6.42 Å². The quantitative estimate of drug-likeness (QED) is 0.490. The van der Waals surface area contributed by atoms with E-state index in [0.29, 0.717) is 0 Å². The lowest BCUT2D eigenvalue weighted by Crippen LogP contribution is -1.82. The van der Waals surface area contributed by atoms with Crippen LogP contribution >= 0.6 is 0 Å². The van der Waals surface area contributed by atoms with Crippen LogP contribution in [0.15, 0.2) is 0 Å². The third-order valence-corrected chi connectivity index (χ3v) is 3.46. The second-order valence-electron chi connectivity index (χ2n) is 4.99. The molecule has 1 fully saturated rings. The van der Waals surface area contributed by atoms with Crippen molar-refractivity contribution < 1.29 is 0 Å². The zero-order chi connectivity index (χ0) is 10.6. The Morgan fingerprint density at radius 1 is 0.333 bits per heavy atom. The lowest BCUT2D eigenvalue weighted by atomic mass is 10.1. The molecule has 1 rings (SSSR count). The lowest BCUT2D eigenvalue weighted by molar-refractivity contribution is 0.548. The molecule has 0 atom stereocenters. The Morgan fingerprint density at radius 2 is 0.600 bits per heavy atom. The highest BCUT2D eigenvalue weighted by atomic mass is 14.0. The Balaban J connectivity index is 2.01. The van der Waals surface area contributed by atoms with Gasteiger partial charge >= 0.3 is 0 Å². The molecule has 88 valence electrons. The SMILES string of the molecule is [C]1CCCCCCCCCCCCCC1. The Labute approximate surface area is 96.8 Å². The van der Waals surface area contributed by atoms with Gasteiger partial charge in [-0.1, -0.05) is 77.0 Å². The number of rotatable bonds is 0. The highest BCUT2D eigenvalue weighted by molar-refractivity contribution is 4.65. The Kier molecular flexibility index (Phi) is 9.16. The van der Waals surface area contributed by atoms with Crippen molar-refractivity contribution in [3.05, 3.63) is 6.42 Å². The average Bonchev–Trinajstić information content (AvgIpc) is 2.27. The zero-order valence-corrected chi connectivity index (χ0v) is 10.4. The molecule has 0 saturated heterocycles. The molecule has 0 heteroatoms. The predicted molar refractivity (Wildman–Crippen MR) is 67.9 cm³/mol. The first kappa shape index (κ1) is 13.1. The van der Waals surface area contributed by atoms with Crippen LogP contribution in [0, 0.1) is 6.42 Å². The second kappa shape index (κ2) is 10.5. The van der Waals surface area contributed by atoms with Crippen molar-refractivity contribution in [3.63, 3.8) is 0 Å². The van der Waals surface area contributed by atoms with E-state index in [4.69, 9.17) is 0 Å². The number of hydrogen-bond acceptors (Lipinski definition) is 0. The van der Waals surface area contributed by atoms with Crippen molar-refractivity contribution in [2.24, 2.45) is 0 Å². The molecule has 2 radical (unpaired) electrons. The van der Waals surface area contributed by atoms with Crippen molar-refractivity contribution in [2.75, 3.05) is 0 Å². The molecule has 15 heavy (non-hydrogen) atoms. The van der Waals surface area contributed by atoms with Gasteiger partial charge in [-0.25, -0.2) is 0 Å². The summed E-state index contributed by atoms with van der Waals surface area (Å²) in [5.41, 5.74) is 0. The van der Waals surface area contributed by atoms with E-state index >= 15 is 0 Å². The Morgan fingerprint density at radius 3 is 0.933 bits per heavy atom. The largest absolute Gasteiger partial charge is 0.0533 e. The number of hydrogen-bond donors (Lipinski definition) is 0. The molecule has 0 heterocycles. The molecule has 0 N–H and O–H groups in total. The van der Waals surface area contributed by atoms with Crippen LogP contribution in [0.5, 0.6) is 0 Å². The van der Waals surface area contributed by atoms with E-state index < -0.39 is 0 Å². The van der Waals surface area contributed by atoms with Gasteiger partial charge in [-0.15, -0.1) is 0 Å². The summed E-state index contributed by atoms with van der Waals surface area (Å²) in [7, 11) is 0. The van der Waals surface area contributed by atoms with Crippen molar-refractivity contribution >= 4 is 0 Å². The van der Waals surface area contributed by atoms with Gasteiger partial charge in [0.1, 0.15) is 0 Å². The third-order valence-electron chi connectivity index (χ3n) is 3.46. The van der Waals surface area contributed by atoms with Crippen LogP contribution in [0.3, 0.4) is 0 Å². The first-order chi connectivity index (χ1) is 7.50. The highest BCUT2D eigenvalue weighted by Gasteiger charge is 1.96. The van der Waals surface area contributed by atoms with Gasteiger partial charge in [0, 0.05) is 0 Å². The van der Waals surface area contributed by atoms with Crippen molar-refractivity contribution in [1.82, 2.24) is 0 Å². The summed E-state index contributed by atoms with van der Waals surface area (Å²) < 4.78 is 0. The van der Waals surface area contributed by atoms with Crippen LogP contribution in [0.2, 0.25) is 0 Å². The fourth-order valence-electron chi connectivity index (χ4n) is 2.39. The Bertz CT molecular complexity index is 58.6. The lowest BCUT2D eigenvalue weighted by Gasteiger charge is -2.01. The van der Waals surface area contributed by atoms with Crippen molar-refractivity contribution in [3.8, 4) is 0 Å². The van der Waals surface area contributed by atoms with E-state index in [-0.39, 0.29) is 0 Å². The molecule has 0 spiro atoms.